The highest BCUT2D eigenvalue weighted by Gasteiger charge is 2.16. The molecule has 0 fully saturated rings. The largest absolute Gasteiger partial charge is 0.507 e. The first-order chi connectivity index (χ1) is 10.0. The number of nitrogen functional groups attached to an aromatic ring is 1. The SMILES string of the molecule is Nc1ccc(-c2nc(-c3ccc(F)cc3Br)no2)c(O)c1. The summed E-state index contributed by atoms with van der Waals surface area (Å²) in [6.07, 6.45) is 0. The van der Waals surface area contributed by atoms with E-state index in [0.717, 1.165) is 0 Å². The molecule has 0 atom stereocenters. The van der Waals surface area contributed by atoms with E-state index in [1.54, 1.807) is 12.1 Å². The molecule has 5 nitrogen and oxygen atoms in total. The van der Waals surface area contributed by atoms with Crippen LogP contribution < -0.4 is 5.73 Å². The molecule has 7 heteroatoms. The van der Waals surface area contributed by atoms with Crippen molar-refractivity contribution in [3.63, 3.8) is 0 Å². The predicted octanol–water partition coefficient (Wildman–Crippen LogP) is 3.59. The number of rotatable bonds is 2. The molecule has 0 aliphatic rings. The normalized spacial score (nSPS) is 10.8. The Morgan fingerprint density at radius 1 is 1.14 bits per heavy atom. The van der Waals surface area contributed by atoms with Gasteiger partial charge in [-0.2, -0.15) is 4.98 Å². The Labute approximate surface area is 127 Å². The van der Waals surface area contributed by atoms with Crippen LogP contribution in [-0.2, 0) is 0 Å². The van der Waals surface area contributed by atoms with Crippen molar-refractivity contribution in [1.82, 2.24) is 10.1 Å². The van der Waals surface area contributed by atoms with Crippen molar-refractivity contribution in [1.29, 1.82) is 0 Å². The van der Waals surface area contributed by atoms with E-state index in [4.69, 9.17) is 10.3 Å². The standard InChI is InChI=1S/C14H9BrFN3O2/c15-11-5-7(16)1-3-9(11)13-18-14(21-19-13)10-4-2-8(17)6-12(10)20/h1-6,20H,17H2. The molecule has 3 N–H and O–H groups in total. The van der Waals surface area contributed by atoms with Crippen molar-refractivity contribution in [3.8, 4) is 28.6 Å². The molecular formula is C14H9BrFN3O2. The van der Waals surface area contributed by atoms with E-state index in [9.17, 15) is 9.50 Å². The lowest BCUT2D eigenvalue weighted by Gasteiger charge is -2.00. The van der Waals surface area contributed by atoms with Crippen molar-refractivity contribution in [2.75, 3.05) is 5.73 Å². The molecule has 0 radical (unpaired) electrons. The van der Waals surface area contributed by atoms with Crippen LogP contribution in [0.5, 0.6) is 5.75 Å². The van der Waals surface area contributed by atoms with Gasteiger partial charge in [0.25, 0.3) is 5.89 Å². The van der Waals surface area contributed by atoms with Crippen molar-refractivity contribution in [2.45, 2.75) is 0 Å². The third kappa shape index (κ3) is 2.59. The number of hydrogen-bond acceptors (Lipinski definition) is 5. The first kappa shape index (κ1) is 13.6. The molecule has 3 aromatic rings. The quantitative estimate of drug-likeness (QED) is 0.690. The number of hydrogen-bond donors (Lipinski definition) is 2. The monoisotopic (exact) mass is 349 g/mol. The van der Waals surface area contributed by atoms with Crippen LogP contribution in [0.1, 0.15) is 0 Å². The van der Waals surface area contributed by atoms with Crippen LogP contribution in [0.15, 0.2) is 45.4 Å². The molecule has 0 saturated heterocycles. The lowest BCUT2D eigenvalue weighted by Crippen LogP contribution is -1.86. The summed E-state index contributed by atoms with van der Waals surface area (Å²) in [6.45, 7) is 0. The van der Waals surface area contributed by atoms with E-state index in [1.165, 1.54) is 24.3 Å². The summed E-state index contributed by atoms with van der Waals surface area (Å²) in [5, 5.41) is 13.7. The molecule has 0 amide bonds. The third-order valence-corrected chi connectivity index (χ3v) is 3.51. The van der Waals surface area contributed by atoms with Crippen LogP contribution in [0, 0.1) is 5.82 Å². The van der Waals surface area contributed by atoms with Crippen LogP contribution in [0.2, 0.25) is 0 Å². The summed E-state index contributed by atoms with van der Waals surface area (Å²) in [5.41, 5.74) is 6.96. The van der Waals surface area contributed by atoms with Crippen molar-refractivity contribution in [3.05, 3.63) is 46.7 Å². The van der Waals surface area contributed by atoms with Gasteiger partial charge in [0.05, 0.1) is 5.56 Å². The summed E-state index contributed by atoms with van der Waals surface area (Å²) in [4.78, 5) is 4.20. The Morgan fingerprint density at radius 3 is 2.62 bits per heavy atom. The van der Waals surface area contributed by atoms with Gasteiger partial charge in [0.2, 0.25) is 5.82 Å². The van der Waals surface area contributed by atoms with Gasteiger partial charge in [-0.3, -0.25) is 0 Å². The van der Waals surface area contributed by atoms with Crippen molar-refractivity contribution < 1.29 is 14.0 Å². The Bertz CT molecular complexity index is 754. The van der Waals surface area contributed by atoms with Gasteiger partial charge in [-0.05, 0) is 46.3 Å². The number of benzene rings is 2. The van der Waals surface area contributed by atoms with Crippen molar-refractivity contribution >= 4 is 21.6 Å². The summed E-state index contributed by atoms with van der Waals surface area (Å²) >= 11 is 3.25. The molecule has 1 aromatic heterocycles. The number of anilines is 1. The first-order valence-electron chi connectivity index (χ1n) is 5.92. The van der Waals surface area contributed by atoms with Gasteiger partial charge >= 0.3 is 0 Å². The topological polar surface area (TPSA) is 85.2 Å². The molecular weight excluding hydrogens is 341 g/mol. The Balaban J connectivity index is 2.03. The van der Waals surface area contributed by atoms with Crippen LogP contribution in [0.25, 0.3) is 22.8 Å². The third-order valence-electron chi connectivity index (χ3n) is 2.85. The Hall–Kier alpha value is -2.41. The number of aromatic hydroxyl groups is 1. The first-order valence-corrected chi connectivity index (χ1v) is 6.72. The van der Waals surface area contributed by atoms with Crippen LogP contribution in [0.3, 0.4) is 0 Å². The maximum atomic E-state index is 13.1. The highest BCUT2D eigenvalue weighted by Crippen LogP contribution is 2.32. The Morgan fingerprint density at radius 2 is 1.90 bits per heavy atom. The fourth-order valence-electron chi connectivity index (χ4n) is 1.84. The lowest BCUT2D eigenvalue weighted by molar-refractivity contribution is 0.426. The molecule has 3 rings (SSSR count). The average Bonchev–Trinajstić information content (AvgIpc) is 2.87. The molecule has 2 aromatic carbocycles. The number of nitrogens with two attached hydrogens (primary N) is 1. The number of phenols is 1. The zero-order valence-electron chi connectivity index (χ0n) is 10.5. The smallest absolute Gasteiger partial charge is 0.262 e. The summed E-state index contributed by atoms with van der Waals surface area (Å²) in [7, 11) is 0. The minimum Gasteiger partial charge on any atom is -0.507 e. The zero-order chi connectivity index (χ0) is 15.0. The molecule has 1 heterocycles. The molecule has 0 aliphatic heterocycles. The van der Waals surface area contributed by atoms with E-state index in [2.05, 4.69) is 26.1 Å². The van der Waals surface area contributed by atoms with Crippen LogP contribution in [0.4, 0.5) is 10.1 Å². The van der Waals surface area contributed by atoms with Gasteiger partial charge in [0.15, 0.2) is 0 Å². The predicted molar refractivity (Wildman–Crippen MR) is 78.9 cm³/mol. The van der Waals surface area contributed by atoms with E-state index in [-0.39, 0.29) is 23.3 Å². The van der Waals surface area contributed by atoms with E-state index >= 15 is 0 Å². The van der Waals surface area contributed by atoms with Crippen molar-refractivity contribution in [2.24, 2.45) is 0 Å². The van der Waals surface area contributed by atoms with Gasteiger partial charge in [0, 0.05) is 21.8 Å². The number of halogens is 2. The Kier molecular flexibility index (Phi) is 3.34. The van der Waals surface area contributed by atoms with Gasteiger partial charge in [-0.25, -0.2) is 4.39 Å². The maximum absolute atomic E-state index is 13.1. The maximum Gasteiger partial charge on any atom is 0.262 e. The fraction of sp³-hybridized carbons (Fsp3) is 0. The van der Waals surface area contributed by atoms with E-state index in [0.29, 0.717) is 21.3 Å². The minimum atomic E-state index is -0.370. The number of aromatic nitrogens is 2. The highest BCUT2D eigenvalue weighted by molar-refractivity contribution is 9.10. The average molecular weight is 350 g/mol. The van der Waals surface area contributed by atoms with Crippen LogP contribution in [-0.4, -0.2) is 15.2 Å². The second-order valence-corrected chi connectivity index (χ2v) is 5.18. The molecule has 0 unspecified atom stereocenters. The van der Waals surface area contributed by atoms with Crippen LogP contribution >= 0.6 is 15.9 Å². The molecule has 21 heavy (non-hydrogen) atoms. The molecule has 0 aliphatic carbocycles. The van der Waals surface area contributed by atoms with E-state index < -0.39 is 0 Å². The number of phenolic OH excluding ortho intramolecular Hbond substituents is 1. The fourth-order valence-corrected chi connectivity index (χ4v) is 2.37. The van der Waals surface area contributed by atoms with Gasteiger partial charge in [-0.15, -0.1) is 0 Å². The summed E-state index contributed by atoms with van der Waals surface area (Å²) in [5.74, 6) is 0.0146. The number of nitrogens with zero attached hydrogens (tertiary/aromatic N) is 2. The molecule has 0 spiro atoms. The molecule has 0 saturated carbocycles. The lowest BCUT2D eigenvalue weighted by atomic mass is 10.2. The summed E-state index contributed by atoms with van der Waals surface area (Å²) < 4.78 is 18.7. The van der Waals surface area contributed by atoms with Gasteiger partial charge in [-0.1, -0.05) is 5.16 Å². The summed E-state index contributed by atoms with van der Waals surface area (Å²) in [6, 6.07) is 8.75. The highest BCUT2D eigenvalue weighted by atomic mass is 79.9. The second kappa shape index (κ2) is 5.17. The molecule has 0 bridgehead atoms. The van der Waals surface area contributed by atoms with E-state index in [1.807, 2.05) is 0 Å². The zero-order valence-corrected chi connectivity index (χ0v) is 12.1. The van der Waals surface area contributed by atoms with Gasteiger partial charge < -0.3 is 15.4 Å². The minimum absolute atomic E-state index is 0.0524. The second-order valence-electron chi connectivity index (χ2n) is 4.32. The molecule has 106 valence electrons. The van der Waals surface area contributed by atoms with Gasteiger partial charge in [0.1, 0.15) is 11.6 Å².